The molecule has 0 bridgehead atoms. The molecule has 0 atom stereocenters. The number of hydrogen-bond acceptors (Lipinski definition) is 3. The quantitative estimate of drug-likeness (QED) is 0.236. The van der Waals surface area contributed by atoms with E-state index in [9.17, 15) is 4.79 Å². The summed E-state index contributed by atoms with van der Waals surface area (Å²) < 4.78 is 5.59. The normalized spacial score (nSPS) is 13.7. The molecular formula is C21H35IN4O2. The lowest BCUT2D eigenvalue weighted by atomic mass is 10.0. The molecule has 0 radical (unpaired) electrons. The first kappa shape index (κ1) is 24.7. The molecule has 1 aliphatic heterocycles. The van der Waals surface area contributed by atoms with Gasteiger partial charge < -0.3 is 20.3 Å². The number of hydrogen-bond donors (Lipinski definition) is 2. The van der Waals surface area contributed by atoms with Crippen LogP contribution in [0.3, 0.4) is 0 Å². The van der Waals surface area contributed by atoms with E-state index in [2.05, 4.69) is 35.5 Å². The number of rotatable bonds is 9. The second-order valence-electron chi connectivity index (χ2n) is 7.22. The molecule has 0 saturated carbocycles. The molecule has 0 aromatic heterocycles. The summed E-state index contributed by atoms with van der Waals surface area (Å²) in [6.45, 7) is 10.3. The van der Waals surface area contributed by atoms with Crippen LogP contribution in [0.15, 0.2) is 29.3 Å². The van der Waals surface area contributed by atoms with Crippen LogP contribution in [0.25, 0.3) is 0 Å². The Labute approximate surface area is 186 Å². The average Bonchev–Trinajstić information content (AvgIpc) is 2.67. The molecule has 0 unspecified atom stereocenters. The van der Waals surface area contributed by atoms with E-state index in [1.807, 2.05) is 30.0 Å². The number of aryl methyl sites for hydroxylation is 1. The highest BCUT2D eigenvalue weighted by atomic mass is 127. The molecule has 1 amide bonds. The van der Waals surface area contributed by atoms with E-state index < -0.39 is 0 Å². The van der Waals surface area contributed by atoms with Gasteiger partial charge in [-0.3, -0.25) is 4.79 Å². The Morgan fingerprint density at radius 3 is 2.82 bits per heavy atom. The number of aliphatic imine (C=N–C) groups is 1. The molecule has 0 spiro atoms. The van der Waals surface area contributed by atoms with Gasteiger partial charge in [-0.05, 0) is 43.7 Å². The summed E-state index contributed by atoms with van der Waals surface area (Å²) in [4.78, 5) is 19.0. The number of fused-ring (bicyclic) bond motifs is 1. The number of carbonyl (C=O) groups excluding carboxylic acids is 1. The Morgan fingerprint density at radius 2 is 2.07 bits per heavy atom. The Bertz CT molecular complexity index is 622. The van der Waals surface area contributed by atoms with Crippen LogP contribution in [-0.2, 0) is 16.0 Å². The van der Waals surface area contributed by atoms with Crippen molar-refractivity contribution in [1.29, 1.82) is 0 Å². The van der Waals surface area contributed by atoms with Crippen molar-refractivity contribution in [3.63, 3.8) is 0 Å². The minimum atomic E-state index is 0. The highest BCUT2D eigenvalue weighted by Crippen LogP contribution is 2.26. The van der Waals surface area contributed by atoms with Gasteiger partial charge in [0.05, 0.1) is 0 Å². The molecule has 6 nitrogen and oxygen atoms in total. The smallest absolute Gasteiger partial charge is 0.248 e. The number of amides is 1. The molecule has 1 aliphatic rings. The summed E-state index contributed by atoms with van der Waals surface area (Å²) >= 11 is 0. The van der Waals surface area contributed by atoms with Crippen LogP contribution >= 0.6 is 24.0 Å². The van der Waals surface area contributed by atoms with Gasteiger partial charge in [-0.25, -0.2) is 4.99 Å². The number of para-hydroxylation sites is 1. The van der Waals surface area contributed by atoms with Gasteiger partial charge in [0.25, 0.3) is 0 Å². The van der Waals surface area contributed by atoms with E-state index in [1.165, 1.54) is 5.56 Å². The van der Waals surface area contributed by atoms with Crippen LogP contribution in [-0.4, -0.2) is 51.3 Å². The van der Waals surface area contributed by atoms with Crippen molar-refractivity contribution in [3.05, 3.63) is 29.8 Å². The highest BCUT2D eigenvalue weighted by Gasteiger charge is 2.21. The molecular weight excluding hydrogens is 467 g/mol. The summed E-state index contributed by atoms with van der Waals surface area (Å²) in [5, 5.41) is 6.47. The van der Waals surface area contributed by atoms with Crippen molar-refractivity contribution in [2.24, 2.45) is 10.9 Å². The van der Waals surface area contributed by atoms with Crippen LogP contribution in [0, 0.1) is 5.92 Å². The summed E-state index contributed by atoms with van der Waals surface area (Å²) in [5.41, 5.74) is 2.27. The molecule has 0 saturated heterocycles. The Morgan fingerprint density at radius 1 is 1.29 bits per heavy atom. The van der Waals surface area contributed by atoms with Crippen molar-refractivity contribution < 1.29 is 9.53 Å². The van der Waals surface area contributed by atoms with Gasteiger partial charge in [-0.1, -0.05) is 32.0 Å². The minimum Gasteiger partial charge on any atom is -0.381 e. The first-order chi connectivity index (χ1) is 13.1. The molecule has 158 valence electrons. The predicted molar refractivity (Wildman–Crippen MR) is 127 cm³/mol. The van der Waals surface area contributed by atoms with Gasteiger partial charge in [0.2, 0.25) is 5.91 Å². The number of halogens is 1. The fourth-order valence-corrected chi connectivity index (χ4v) is 3.07. The lowest BCUT2D eigenvalue weighted by molar-refractivity contribution is -0.117. The maximum absolute atomic E-state index is 12.7. The summed E-state index contributed by atoms with van der Waals surface area (Å²) in [7, 11) is 0. The summed E-state index contributed by atoms with van der Waals surface area (Å²) in [6, 6.07) is 8.14. The van der Waals surface area contributed by atoms with Gasteiger partial charge in [0, 0.05) is 38.5 Å². The molecule has 2 N–H and O–H groups in total. The Hall–Kier alpha value is -1.35. The fourth-order valence-electron chi connectivity index (χ4n) is 3.07. The van der Waals surface area contributed by atoms with E-state index in [4.69, 9.17) is 4.74 Å². The van der Waals surface area contributed by atoms with Gasteiger partial charge in [0.15, 0.2) is 5.96 Å². The third-order valence-electron chi connectivity index (χ3n) is 4.34. The van der Waals surface area contributed by atoms with Crippen molar-refractivity contribution in [1.82, 2.24) is 10.6 Å². The SMILES string of the molecule is CCNC(=NCC(=O)N1CCCc2ccccc21)NCCCOCC(C)C.I. The lowest BCUT2D eigenvalue weighted by Gasteiger charge is -2.29. The number of nitrogens with one attached hydrogen (secondary N) is 2. The van der Waals surface area contributed by atoms with Crippen molar-refractivity contribution in [2.75, 3.05) is 44.3 Å². The van der Waals surface area contributed by atoms with Gasteiger partial charge in [-0.15, -0.1) is 24.0 Å². The second-order valence-corrected chi connectivity index (χ2v) is 7.22. The lowest BCUT2D eigenvalue weighted by Crippen LogP contribution is -2.41. The third-order valence-corrected chi connectivity index (χ3v) is 4.34. The van der Waals surface area contributed by atoms with E-state index in [0.717, 1.165) is 57.8 Å². The van der Waals surface area contributed by atoms with Crippen LogP contribution in [0.2, 0.25) is 0 Å². The zero-order chi connectivity index (χ0) is 19.5. The monoisotopic (exact) mass is 502 g/mol. The number of nitrogens with zero attached hydrogens (tertiary/aromatic N) is 2. The van der Waals surface area contributed by atoms with Crippen LogP contribution in [0.5, 0.6) is 0 Å². The average molecular weight is 502 g/mol. The van der Waals surface area contributed by atoms with Gasteiger partial charge in [0.1, 0.15) is 6.54 Å². The summed E-state index contributed by atoms with van der Waals surface area (Å²) in [5.74, 6) is 1.28. The maximum Gasteiger partial charge on any atom is 0.248 e. The van der Waals surface area contributed by atoms with Gasteiger partial charge in [-0.2, -0.15) is 0 Å². The molecule has 0 fully saturated rings. The van der Waals surface area contributed by atoms with Crippen molar-refractivity contribution >= 4 is 41.5 Å². The van der Waals surface area contributed by atoms with Crippen LogP contribution in [0.4, 0.5) is 5.69 Å². The predicted octanol–water partition coefficient (Wildman–Crippen LogP) is 3.20. The van der Waals surface area contributed by atoms with Crippen molar-refractivity contribution in [2.45, 2.75) is 40.0 Å². The van der Waals surface area contributed by atoms with Gasteiger partial charge >= 0.3 is 0 Å². The first-order valence-electron chi connectivity index (χ1n) is 10.1. The van der Waals surface area contributed by atoms with Crippen LogP contribution < -0.4 is 15.5 Å². The summed E-state index contributed by atoms with van der Waals surface area (Å²) in [6.07, 6.45) is 2.94. The van der Waals surface area contributed by atoms with E-state index in [-0.39, 0.29) is 36.4 Å². The zero-order valence-corrected chi connectivity index (χ0v) is 19.7. The first-order valence-corrected chi connectivity index (χ1v) is 10.1. The Kier molecular flexibility index (Phi) is 12.1. The molecule has 1 aromatic rings. The molecule has 28 heavy (non-hydrogen) atoms. The number of benzene rings is 1. The molecule has 2 rings (SSSR count). The second kappa shape index (κ2) is 13.8. The Balaban J connectivity index is 0.00000392. The fraction of sp³-hybridized carbons (Fsp3) is 0.619. The number of carbonyl (C=O) groups is 1. The third kappa shape index (κ3) is 8.34. The topological polar surface area (TPSA) is 66.0 Å². The molecule has 1 aromatic carbocycles. The highest BCUT2D eigenvalue weighted by molar-refractivity contribution is 14.0. The van der Waals surface area contributed by atoms with E-state index >= 15 is 0 Å². The molecule has 0 aliphatic carbocycles. The largest absolute Gasteiger partial charge is 0.381 e. The minimum absolute atomic E-state index is 0. The number of anilines is 1. The van der Waals surface area contributed by atoms with E-state index in [0.29, 0.717) is 11.9 Å². The zero-order valence-electron chi connectivity index (χ0n) is 17.4. The van der Waals surface area contributed by atoms with Crippen LogP contribution in [0.1, 0.15) is 39.2 Å². The van der Waals surface area contributed by atoms with E-state index in [1.54, 1.807) is 0 Å². The molecule has 1 heterocycles. The number of guanidine groups is 1. The maximum atomic E-state index is 12.7. The standard InChI is InChI=1S/C21H34N4O2.HI/c1-4-22-21(23-12-8-14-27-16-17(2)3)24-15-20(26)25-13-7-10-18-9-5-6-11-19(18)25;/h5-6,9,11,17H,4,7-8,10,12-16H2,1-3H3,(H2,22,23,24);1H. The number of ether oxygens (including phenoxy) is 1. The van der Waals surface area contributed by atoms with Crippen molar-refractivity contribution in [3.8, 4) is 0 Å². The molecule has 7 heteroatoms.